The number of nitrogens with one attached hydrogen (secondary N) is 1. The van der Waals surface area contributed by atoms with Crippen LogP contribution < -0.4 is 10.2 Å². The number of hydrogen-bond acceptors (Lipinski definition) is 3. The molecule has 0 bridgehead atoms. The molecular weight excluding hydrogens is 316 g/mol. The Morgan fingerprint density at radius 1 is 1.08 bits per heavy atom. The fraction of sp³-hybridized carbons (Fsp3) is 0.105. The van der Waals surface area contributed by atoms with E-state index in [9.17, 15) is 9.59 Å². The summed E-state index contributed by atoms with van der Waals surface area (Å²) < 4.78 is 1.72. The first-order chi connectivity index (χ1) is 12.2. The minimum Gasteiger partial charge on any atom is -0.323 e. The van der Waals surface area contributed by atoms with Gasteiger partial charge in [-0.05, 0) is 17.7 Å². The van der Waals surface area contributed by atoms with Gasteiger partial charge in [-0.25, -0.2) is 0 Å². The molecule has 1 aromatic heterocycles. The number of para-hydroxylation sites is 2. The highest BCUT2D eigenvalue weighted by Gasteiger charge is 2.28. The van der Waals surface area contributed by atoms with Crippen LogP contribution in [-0.4, -0.2) is 28.1 Å². The van der Waals surface area contributed by atoms with E-state index >= 15 is 0 Å². The minimum atomic E-state index is -0.235. The number of anilines is 2. The summed E-state index contributed by atoms with van der Waals surface area (Å²) in [5, 5.41) is 7.05. The molecular formula is C19H16N4O2. The third kappa shape index (κ3) is 3.01. The third-order valence-electron chi connectivity index (χ3n) is 4.08. The van der Waals surface area contributed by atoms with Crippen LogP contribution in [0.15, 0.2) is 67.0 Å². The maximum Gasteiger partial charge on any atom is 0.262 e. The summed E-state index contributed by atoms with van der Waals surface area (Å²) in [5.41, 5.74) is 2.90. The number of carbonyl (C=O) groups is 2. The molecule has 2 heterocycles. The molecule has 3 aromatic rings. The lowest BCUT2D eigenvalue weighted by Crippen LogP contribution is -2.42. The number of amides is 2. The Hall–Kier alpha value is -3.41. The van der Waals surface area contributed by atoms with E-state index in [-0.39, 0.29) is 18.4 Å². The van der Waals surface area contributed by atoms with Gasteiger partial charge in [-0.15, -0.1) is 0 Å². The molecule has 0 aliphatic carbocycles. The molecule has 0 radical (unpaired) electrons. The van der Waals surface area contributed by atoms with Crippen LogP contribution in [0, 0.1) is 0 Å². The zero-order chi connectivity index (χ0) is 17.2. The van der Waals surface area contributed by atoms with Crippen molar-refractivity contribution in [3.8, 4) is 0 Å². The average molecular weight is 332 g/mol. The van der Waals surface area contributed by atoms with Gasteiger partial charge < -0.3 is 5.32 Å². The van der Waals surface area contributed by atoms with Crippen molar-refractivity contribution >= 4 is 23.2 Å². The Balaban J connectivity index is 1.59. The van der Waals surface area contributed by atoms with Crippen LogP contribution in [0.2, 0.25) is 0 Å². The summed E-state index contributed by atoms with van der Waals surface area (Å²) in [6.07, 6.45) is 3.25. The fourth-order valence-corrected chi connectivity index (χ4v) is 2.90. The molecule has 0 saturated heterocycles. The molecule has 2 aromatic carbocycles. The van der Waals surface area contributed by atoms with Crippen molar-refractivity contribution in [3.05, 3.63) is 78.1 Å². The number of nitrogens with zero attached hydrogens (tertiary/aromatic N) is 3. The molecule has 2 amide bonds. The van der Waals surface area contributed by atoms with Crippen molar-refractivity contribution in [1.82, 2.24) is 9.78 Å². The average Bonchev–Trinajstić information content (AvgIpc) is 3.09. The smallest absolute Gasteiger partial charge is 0.262 e. The number of carbonyl (C=O) groups excluding carboxylic acids is 2. The van der Waals surface area contributed by atoms with Gasteiger partial charge in [0.25, 0.3) is 5.91 Å². The van der Waals surface area contributed by atoms with Gasteiger partial charge in [-0.3, -0.25) is 19.2 Å². The Morgan fingerprint density at radius 2 is 1.84 bits per heavy atom. The second-order valence-corrected chi connectivity index (χ2v) is 5.87. The van der Waals surface area contributed by atoms with Crippen molar-refractivity contribution in [2.75, 3.05) is 16.8 Å². The van der Waals surface area contributed by atoms with Gasteiger partial charge in [0.1, 0.15) is 6.54 Å². The maximum atomic E-state index is 12.9. The van der Waals surface area contributed by atoms with E-state index in [0.717, 1.165) is 5.56 Å². The van der Waals surface area contributed by atoms with E-state index in [1.165, 1.54) is 4.90 Å². The highest BCUT2D eigenvalue weighted by molar-refractivity contribution is 6.14. The van der Waals surface area contributed by atoms with E-state index in [2.05, 4.69) is 10.4 Å². The SMILES string of the molecule is O=C1CN(C(=O)c2cnn(Cc3ccccc3)c2)c2ccccc2N1. The van der Waals surface area contributed by atoms with Crippen LogP contribution >= 0.6 is 0 Å². The molecule has 1 N–H and O–H groups in total. The first kappa shape index (κ1) is 15.1. The molecule has 4 rings (SSSR count). The zero-order valence-electron chi connectivity index (χ0n) is 13.4. The lowest BCUT2D eigenvalue weighted by atomic mass is 10.1. The summed E-state index contributed by atoms with van der Waals surface area (Å²) in [5.74, 6) is -0.440. The predicted molar refractivity (Wildman–Crippen MR) is 94.5 cm³/mol. The van der Waals surface area contributed by atoms with Crippen LogP contribution in [0.1, 0.15) is 15.9 Å². The summed E-state index contributed by atoms with van der Waals surface area (Å²) >= 11 is 0. The standard InChI is InChI=1S/C19H16N4O2/c24-18-13-23(17-9-5-4-8-16(17)21-18)19(25)15-10-20-22(12-15)11-14-6-2-1-3-7-14/h1-10,12H,11,13H2,(H,21,24). The number of rotatable bonds is 3. The van der Waals surface area contributed by atoms with Gasteiger partial charge in [-0.2, -0.15) is 5.10 Å². The van der Waals surface area contributed by atoms with E-state index in [4.69, 9.17) is 0 Å². The van der Waals surface area contributed by atoms with Gasteiger partial charge in [0, 0.05) is 6.20 Å². The summed E-state index contributed by atoms with van der Waals surface area (Å²) in [7, 11) is 0. The monoisotopic (exact) mass is 332 g/mol. The van der Waals surface area contributed by atoms with Crippen LogP contribution in [0.25, 0.3) is 0 Å². The predicted octanol–water partition coefficient (Wildman–Crippen LogP) is 2.53. The highest BCUT2D eigenvalue weighted by atomic mass is 16.2. The molecule has 0 unspecified atom stereocenters. The van der Waals surface area contributed by atoms with Crippen LogP contribution in [0.4, 0.5) is 11.4 Å². The van der Waals surface area contributed by atoms with E-state index in [0.29, 0.717) is 23.5 Å². The molecule has 0 saturated carbocycles. The normalized spacial score (nSPS) is 13.3. The molecule has 6 heteroatoms. The summed E-state index contributed by atoms with van der Waals surface area (Å²) in [6, 6.07) is 17.2. The van der Waals surface area contributed by atoms with Crippen molar-refractivity contribution < 1.29 is 9.59 Å². The van der Waals surface area contributed by atoms with Crippen LogP contribution in [0.3, 0.4) is 0 Å². The second-order valence-electron chi connectivity index (χ2n) is 5.87. The second kappa shape index (κ2) is 6.24. The Kier molecular flexibility index (Phi) is 3.78. The molecule has 0 atom stereocenters. The third-order valence-corrected chi connectivity index (χ3v) is 4.08. The van der Waals surface area contributed by atoms with E-state index < -0.39 is 0 Å². The molecule has 1 aliphatic heterocycles. The zero-order valence-corrected chi connectivity index (χ0v) is 13.4. The first-order valence-electron chi connectivity index (χ1n) is 7.98. The highest BCUT2D eigenvalue weighted by Crippen LogP contribution is 2.29. The quantitative estimate of drug-likeness (QED) is 0.801. The molecule has 0 spiro atoms. The van der Waals surface area contributed by atoms with Crippen molar-refractivity contribution in [2.45, 2.75) is 6.54 Å². The Morgan fingerprint density at radius 3 is 2.68 bits per heavy atom. The van der Waals surface area contributed by atoms with Crippen molar-refractivity contribution in [2.24, 2.45) is 0 Å². The van der Waals surface area contributed by atoms with Gasteiger partial charge in [0.2, 0.25) is 5.91 Å². The van der Waals surface area contributed by atoms with Gasteiger partial charge in [-0.1, -0.05) is 42.5 Å². The van der Waals surface area contributed by atoms with E-state index in [1.807, 2.05) is 48.5 Å². The number of aromatic nitrogens is 2. The topological polar surface area (TPSA) is 67.2 Å². The Labute approximate surface area is 144 Å². The number of fused-ring (bicyclic) bond motifs is 1. The number of benzene rings is 2. The van der Waals surface area contributed by atoms with Crippen LogP contribution in [0.5, 0.6) is 0 Å². The molecule has 1 aliphatic rings. The minimum absolute atomic E-state index is 0.000286. The van der Waals surface area contributed by atoms with Gasteiger partial charge in [0.15, 0.2) is 0 Å². The van der Waals surface area contributed by atoms with Crippen molar-refractivity contribution in [3.63, 3.8) is 0 Å². The van der Waals surface area contributed by atoms with Gasteiger partial charge in [0.05, 0.1) is 29.7 Å². The fourth-order valence-electron chi connectivity index (χ4n) is 2.90. The maximum absolute atomic E-state index is 12.9. The van der Waals surface area contributed by atoms with E-state index in [1.54, 1.807) is 23.1 Å². The summed E-state index contributed by atoms with van der Waals surface area (Å²) in [6.45, 7) is 0.588. The molecule has 25 heavy (non-hydrogen) atoms. The molecule has 124 valence electrons. The first-order valence-corrected chi connectivity index (χ1v) is 7.98. The number of hydrogen-bond donors (Lipinski definition) is 1. The Bertz CT molecular complexity index is 933. The lowest BCUT2D eigenvalue weighted by molar-refractivity contribution is -0.115. The van der Waals surface area contributed by atoms with Crippen LogP contribution in [-0.2, 0) is 11.3 Å². The largest absolute Gasteiger partial charge is 0.323 e. The molecule has 0 fully saturated rings. The van der Waals surface area contributed by atoms with Gasteiger partial charge >= 0.3 is 0 Å². The van der Waals surface area contributed by atoms with Crippen molar-refractivity contribution in [1.29, 1.82) is 0 Å². The molecule has 6 nitrogen and oxygen atoms in total. The summed E-state index contributed by atoms with van der Waals surface area (Å²) in [4.78, 5) is 26.2. The lowest BCUT2D eigenvalue weighted by Gasteiger charge is -2.28.